The molecule has 4 rings (SSSR count). The zero-order valence-electron chi connectivity index (χ0n) is 11.3. The van der Waals surface area contributed by atoms with Crippen LogP contribution < -0.4 is 5.32 Å². The molecule has 2 heteroatoms. The van der Waals surface area contributed by atoms with Crippen molar-refractivity contribution in [2.45, 2.75) is 51.6 Å². The van der Waals surface area contributed by atoms with E-state index in [0.29, 0.717) is 0 Å². The fourth-order valence-electron chi connectivity index (χ4n) is 4.92. The average Bonchev–Trinajstić information content (AvgIpc) is 2.19. The Labute approximate surface area is 105 Å². The molecule has 0 aliphatic heterocycles. The minimum atomic E-state index is -0.564. The van der Waals surface area contributed by atoms with Crippen molar-refractivity contribution in [1.29, 1.82) is 0 Å². The highest BCUT2D eigenvalue weighted by Crippen LogP contribution is 2.56. The Bertz CT molecular complexity index is 253. The van der Waals surface area contributed by atoms with Crippen LogP contribution in [0.3, 0.4) is 0 Å². The molecular formula is C15H27NO. The van der Waals surface area contributed by atoms with Crippen LogP contribution in [0.25, 0.3) is 0 Å². The van der Waals surface area contributed by atoms with Gasteiger partial charge in [-0.2, -0.15) is 0 Å². The van der Waals surface area contributed by atoms with E-state index in [1.54, 1.807) is 0 Å². The van der Waals surface area contributed by atoms with Gasteiger partial charge in [0.15, 0.2) is 0 Å². The molecule has 0 heterocycles. The number of rotatable bonds is 4. The molecule has 0 aromatic rings. The van der Waals surface area contributed by atoms with Gasteiger partial charge in [-0.15, -0.1) is 0 Å². The second-order valence-electron chi connectivity index (χ2n) is 7.54. The molecule has 0 saturated heterocycles. The summed E-state index contributed by atoms with van der Waals surface area (Å²) < 4.78 is 0. The Morgan fingerprint density at radius 2 is 1.53 bits per heavy atom. The lowest BCUT2D eigenvalue weighted by Crippen LogP contribution is -2.49. The second-order valence-corrected chi connectivity index (χ2v) is 7.54. The predicted octanol–water partition coefficient (Wildman–Crippen LogP) is 2.42. The summed E-state index contributed by atoms with van der Waals surface area (Å²) >= 11 is 0. The van der Waals surface area contributed by atoms with Crippen LogP contribution in [0.4, 0.5) is 0 Å². The van der Waals surface area contributed by atoms with Gasteiger partial charge in [-0.1, -0.05) is 0 Å². The molecule has 0 atom stereocenters. The van der Waals surface area contributed by atoms with Crippen molar-refractivity contribution in [1.82, 2.24) is 5.32 Å². The van der Waals surface area contributed by atoms with Crippen molar-refractivity contribution < 1.29 is 5.11 Å². The second kappa shape index (κ2) is 4.24. The summed E-state index contributed by atoms with van der Waals surface area (Å²) in [5.74, 6) is 5.05. The number of hydrogen-bond donors (Lipinski definition) is 2. The van der Waals surface area contributed by atoms with E-state index in [1.165, 1.54) is 32.1 Å². The van der Waals surface area contributed by atoms with Gasteiger partial charge in [-0.25, -0.2) is 0 Å². The molecule has 4 saturated carbocycles. The first-order valence-electron chi connectivity index (χ1n) is 7.44. The smallest absolute Gasteiger partial charge is 0.0715 e. The SMILES string of the molecule is CC(C)(O)CNCC1C2CC3CC(C2)CC1C3. The molecule has 17 heavy (non-hydrogen) atoms. The van der Waals surface area contributed by atoms with Crippen LogP contribution in [-0.2, 0) is 0 Å². The average molecular weight is 237 g/mol. The molecule has 0 spiro atoms. The first-order chi connectivity index (χ1) is 8.01. The van der Waals surface area contributed by atoms with Crippen LogP contribution in [0.2, 0.25) is 0 Å². The van der Waals surface area contributed by atoms with Crippen LogP contribution in [0.15, 0.2) is 0 Å². The van der Waals surface area contributed by atoms with Gasteiger partial charge in [-0.05, 0) is 82.1 Å². The summed E-state index contributed by atoms with van der Waals surface area (Å²) in [4.78, 5) is 0. The number of hydrogen-bond acceptors (Lipinski definition) is 2. The molecule has 0 amide bonds. The Morgan fingerprint density at radius 3 is 2.00 bits per heavy atom. The molecule has 98 valence electrons. The van der Waals surface area contributed by atoms with E-state index in [9.17, 15) is 5.11 Å². The van der Waals surface area contributed by atoms with Crippen LogP contribution in [0.1, 0.15) is 46.0 Å². The first-order valence-corrected chi connectivity index (χ1v) is 7.44. The lowest BCUT2D eigenvalue weighted by molar-refractivity contribution is -0.0374. The molecule has 4 bridgehead atoms. The van der Waals surface area contributed by atoms with E-state index < -0.39 is 5.60 Å². The molecule has 0 unspecified atom stereocenters. The monoisotopic (exact) mass is 237 g/mol. The Balaban J connectivity index is 1.54. The lowest BCUT2D eigenvalue weighted by atomic mass is 9.52. The Kier molecular flexibility index (Phi) is 2.99. The predicted molar refractivity (Wildman–Crippen MR) is 69.7 cm³/mol. The fraction of sp³-hybridized carbons (Fsp3) is 1.00. The van der Waals surface area contributed by atoms with Gasteiger partial charge in [0, 0.05) is 6.54 Å². The first kappa shape index (κ1) is 12.0. The van der Waals surface area contributed by atoms with Crippen LogP contribution in [0.5, 0.6) is 0 Å². The van der Waals surface area contributed by atoms with Crippen LogP contribution >= 0.6 is 0 Å². The Morgan fingerprint density at radius 1 is 1.00 bits per heavy atom. The standard InChI is InChI=1S/C15H27NO/c1-15(2,17)9-16-8-14-12-4-10-3-11(6-12)7-13(14)5-10/h10-14,16-17H,3-9H2,1-2H3. The molecule has 2 N–H and O–H groups in total. The van der Waals surface area contributed by atoms with Crippen molar-refractivity contribution in [2.75, 3.05) is 13.1 Å². The third-order valence-electron chi connectivity index (χ3n) is 5.36. The highest BCUT2D eigenvalue weighted by Gasteiger charge is 2.47. The summed E-state index contributed by atoms with van der Waals surface area (Å²) in [6.07, 6.45) is 7.55. The van der Waals surface area contributed by atoms with Gasteiger partial charge in [0.05, 0.1) is 5.60 Å². The van der Waals surface area contributed by atoms with Gasteiger partial charge in [0.2, 0.25) is 0 Å². The van der Waals surface area contributed by atoms with Crippen molar-refractivity contribution in [3.63, 3.8) is 0 Å². The van der Waals surface area contributed by atoms with Gasteiger partial charge >= 0.3 is 0 Å². The van der Waals surface area contributed by atoms with Gasteiger partial charge in [0.25, 0.3) is 0 Å². The maximum atomic E-state index is 9.74. The summed E-state index contributed by atoms with van der Waals surface area (Å²) in [5.41, 5.74) is -0.564. The van der Waals surface area contributed by atoms with Gasteiger partial charge in [0.1, 0.15) is 0 Å². The highest BCUT2D eigenvalue weighted by molar-refractivity contribution is 4.98. The molecule has 0 aromatic carbocycles. The van der Waals surface area contributed by atoms with Crippen LogP contribution in [-0.4, -0.2) is 23.8 Å². The molecule has 4 aliphatic rings. The normalized spacial score (nSPS) is 44.3. The molecule has 4 fully saturated rings. The topological polar surface area (TPSA) is 32.3 Å². The van der Waals surface area contributed by atoms with Gasteiger partial charge < -0.3 is 10.4 Å². The van der Waals surface area contributed by atoms with Crippen molar-refractivity contribution >= 4 is 0 Å². The third-order valence-corrected chi connectivity index (χ3v) is 5.36. The fourth-order valence-corrected chi connectivity index (χ4v) is 4.92. The van der Waals surface area contributed by atoms with E-state index >= 15 is 0 Å². The van der Waals surface area contributed by atoms with Crippen molar-refractivity contribution in [2.24, 2.45) is 29.6 Å². The summed E-state index contributed by atoms with van der Waals surface area (Å²) in [7, 11) is 0. The van der Waals surface area contributed by atoms with E-state index in [1.807, 2.05) is 13.8 Å². The summed E-state index contributed by atoms with van der Waals surface area (Å²) in [5, 5.41) is 13.2. The lowest BCUT2D eigenvalue weighted by Gasteiger charge is -2.54. The van der Waals surface area contributed by atoms with E-state index in [-0.39, 0.29) is 0 Å². The Hall–Kier alpha value is -0.0800. The van der Waals surface area contributed by atoms with Crippen LogP contribution in [0, 0.1) is 29.6 Å². The zero-order valence-corrected chi connectivity index (χ0v) is 11.3. The minimum absolute atomic E-state index is 0.564. The minimum Gasteiger partial charge on any atom is -0.389 e. The van der Waals surface area contributed by atoms with Crippen molar-refractivity contribution in [3.05, 3.63) is 0 Å². The van der Waals surface area contributed by atoms with E-state index in [2.05, 4.69) is 5.32 Å². The maximum absolute atomic E-state index is 9.74. The number of nitrogens with one attached hydrogen (secondary N) is 1. The summed E-state index contributed by atoms with van der Waals surface area (Å²) in [6.45, 7) is 5.64. The van der Waals surface area contributed by atoms with E-state index in [4.69, 9.17) is 0 Å². The van der Waals surface area contributed by atoms with E-state index in [0.717, 1.165) is 42.7 Å². The maximum Gasteiger partial charge on any atom is 0.0715 e. The third kappa shape index (κ3) is 2.53. The molecule has 2 nitrogen and oxygen atoms in total. The largest absolute Gasteiger partial charge is 0.389 e. The quantitative estimate of drug-likeness (QED) is 0.787. The molecular weight excluding hydrogens is 210 g/mol. The molecule has 0 aromatic heterocycles. The van der Waals surface area contributed by atoms with Crippen molar-refractivity contribution in [3.8, 4) is 0 Å². The zero-order chi connectivity index (χ0) is 12.0. The molecule has 4 aliphatic carbocycles. The highest BCUT2D eigenvalue weighted by atomic mass is 16.3. The number of aliphatic hydroxyl groups is 1. The summed E-state index contributed by atoms with van der Waals surface area (Å²) in [6, 6.07) is 0. The molecule has 0 radical (unpaired) electrons. The van der Waals surface area contributed by atoms with Gasteiger partial charge in [-0.3, -0.25) is 0 Å².